The van der Waals surface area contributed by atoms with Crippen molar-refractivity contribution < 1.29 is 15.0 Å². The molecule has 0 unspecified atom stereocenters. The molecule has 0 aromatic heterocycles. The molecule has 0 heterocycles. The molecule has 94 valence electrons. The summed E-state index contributed by atoms with van der Waals surface area (Å²) in [5, 5.41) is 18.9. The van der Waals surface area contributed by atoms with Crippen LogP contribution in [0.25, 0.3) is 0 Å². The molecular weight excluding hydrogens is 216 g/mol. The number of carboxylic acid groups (broad SMARTS) is 1. The van der Waals surface area contributed by atoms with E-state index < -0.39 is 5.97 Å². The third-order valence-corrected chi connectivity index (χ3v) is 2.94. The highest BCUT2D eigenvalue weighted by atomic mass is 16.4. The largest absolute Gasteiger partial charge is 0.508 e. The number of aromatic hydroxyl groups is 1. The third kappa shape index (κ3) is 3.48. The molecule has 1 aromatic rings. The van der Waals surface area contributed by atoms with Crippen molar-refractivity contribution in [3.63, 3.8) is 0 Å². The van der Waals surface area contributed by atoms with Gasteiger partial charge < -0.3 is 10.2 Å². The second-order valence-electron chi connectivity index (χ2n) is 4.26. The Morgan fingerprint density at radius 3 is 2.47 bits per heavy atom. The van der Waals surface area contributed by atoms with Gasteiger partial charge in [-0.15, -0.1) is 0 Å². The summed E-state index contributed by atoms with van der Waals surface area (Å²) in [6.07, 6.45) is 4.64. The van der Waals surface area contributed by atoms with Gasteiger partial charge in [0.2, 0.25) is 0 Å². The average Bonchev–Trinajstić information content (AvgIpc) is 2.28. The monoisotopic (exact) mass is 236 g/mol. The van der Waals surface area contributed by atoms with Crippen molar-refractivity contribution in [3.8, 4) is 5.75 Å². The van der Waals surface area contributed by atoms with E-state index >= 15 is 0 Å². The van der Waals surface area contributed by atoms with Crippen LogP contribution in [0.4, 0.5) is 0 Å². The molecule has 3 nitrogen and oxygen atoms in total. The minimum atomic E-state index is -0.963. The first kappa shape index (κ1) is 13.6. The number of carboxylic acids is 1. The number of aryl methyl sites for hydroxylation is 1. The van der Waals surface area contributed by atoms with Crippen molar-refractivity contribution >= 4 is 5.97 Å². The SMILES string of the molecule is CCCCCc1cc(O)c(CC)c(C(=O)O)c1. The van der Waals surface area contributed by atoms with Gasteiger partial charge in [0.25, 0.3) is 0 Å². The molecule has 17 heavy (non-hydrogen) atoms. The summed E-state index contributed by atoms with van der Waals surface area (Å²) in [7, 11) is 0. The van der Waals surface area contributed by atoms with Crippen molar-refractivity contribution in [3.05, 3.63) is 28.8 Å². The van der Waals surface area contributed by atoms with Crippen molar-refractivity contribution in [1.29, 1.82) is 0 Å². The Morgan fingerprint density at radius 1 is 1.24 bits per heavy atom. The average molecular weight is 236 g/mol. The summed E-state index contributed by atoms with van der Waals surface area (Å²) >= 11 is 0. The predicted octanol–water partition coefficient (Wildman–Crippen LogP) is 3.39. The molecular formula is C14H20O3. The van der Waals surface area contributed by atoms with E-state index in [-0.39, 0.29) is 11.3 Å². The van der Waals surface area contributed by atoms with Crippen LogP contribution in [-0.4, -0.2) is 16.2 Å². The number of phenolic OH excluding ortho intramolecular Hbond substituents is 1. The fraction of sp³-hybridized carbons (Fsp3) is 0.500. The zero-order valence-corrected chi connectivity index (χ0v) is 10.5. The Bertz CT molecular complexity index is 397. The maximum absolute atomic E-state index is 11.1. The van der Waals surface area contributed by atoms with Crippen LogP contribution in [0.1, 0.15) is 54.6 Å². The maximum Gasteiger partial charge on any atom is 0.336 e. The lowest BCUT2D eigenvalue weighted by Gasteiger charge is -2.10. The lowest BCUT2D eigenvalue weighted by molar-refractivity contribution is 0.0695. The summed E-state index contributed by atoms with van der Waals surface area (Å²) in [6, 6.07) is 3.39. The van der Waals surface area contributed by atoms with E-state index in [4.69, 9.17) is 5.11 Å². The molecule has 2 N–H and O–H groups in total. The summed E-state index contributed by atoms with van der Waals surface area (Å²) in [5.74, 6) is -0.853. The Kier molecular flexibility index (Phi) is 5.01. The molecule has 3 heteroatoms. The van der Waals surface area contributed by atoms with Crippen LogP contribution < -0.4 is 0 Å². The van der Waals surface area contributed by atoms with Crippen molar-refractivity contribution in [2.24, 2.45) is 0 Å². The molecule has 1 aromatic carbocycles. The number of aromatic carboxylic acids is 1. The molecule has 0 atom stereocenters. The first-order valence-corrected chi connectivity index (χ1v) is 6.18. The van der Waals surface area contributed by atoms with Crippen LogP contribution in [0.5, 0.6) is 5.75 Å². The van der Waals surface area contributed by atoms with Crippen LogP contribution >= 0.6 is 0 Å². The standard InChI is InChI=1S/C14H20O3/c1-3-5-6-7-10-8-12(14(16)17)11(4-2)13(15)9-10/h8-9,15H,3-7H2,1-2H3,(H,16,17). The van der Waals surface area contributed by atoms with Gasteiger partial charge in [-0.05, 0) is 37.0 Å². The Morgan fingerprint density at radius 2 is 1.94 bits per heavy atom. The summed E-state index contributed by atoms with van der Waals surface area (Å²) in [5.41, 5.74) is 1.67. The Balaban J connectivity index is 2.98. The van der Waals surface area contributed by atoms with Crippen molar-refractivity contribution in [2.45, 2.75) is 46.0 Å². The van der Waals surface area contributed by atoms with Gasteiger partial charge in [0, 0.05) is 5.56 Å². The second-order valence-corrected chi connectivity index (χ2v) is 4.26. The van der Waals surface area contributed by atoms with E-state index in [2.05, 4.69) is 6.92 Å². The van der Waals surface area contributed by atoms with Crippen LogP contribution in [0, 0.1) is 0 Å². The molecule has 1 rings (SSSR count). The molecule has 0 saturated heterocycles. The minimum Gasteiger partial charge on any atom is -0.508 e. The zero-order chi connectivity index (χ0) is 12.8. The molecule has 0 fully saturated rings. The normalized spacial score (nSPS) is 10.5. The van der Waals surface area contributed by atoms with Gasteiger partial charge in [-0.3, -0.25) is 0 Å². The van der Waals surface area contributed by atoms with E-state index in [9.17, 15) is 9.90 Å². The molecule has 0 saturated carbocycles. The number of hydrogen-bond acceptors (Lipinski definition) is 2. The van der Waals surface area contributed by atoms with E-state index in [1.54, 1.807) is 12.1 Å². The second kappa shape index (κ2) is 6.28. The van der Waals surface area contributed by atoms with Gasteiger partial charge in [0.15, 0.2) is 0 Å². The lowest BCUT2D eigenvalue weighted by Crippen LogP contribution is -2.03. The van der Waals surface area contributed by atoms with Crippen LogP contribution in [0.2, 0.25) is 0 Å². The number of phenols is 1. The van der Waals surface area contributed by atoms with Gasteiger partial charge in [0.05, 0.1) is 5.56 Å². The predicted molar refractivity (Wildman–Crippen MR) is 67.7 cm³/mol. The number of benzene rings is 1. The molecule has 0 amide bonds. The molecule has 0 bridgehead atoms. The van der Waals surface area contributed by atoms with Crippen LogP contribution in [0.15, 0.2) is 12.1 Å². The van der Waals surface area contributed by atoms with Crippen molar-refractivity contribution in [1.82, 2.24) is 0 Å². The fourth-order valence-corrected chi connectivity index (χ4v) is 2.00. The molecule has 0 spiro atoms. The quantitative estimate of drug-likeness (QED) is 0.744. The summed E-state index contributed by atoms with van der Waals surface area (Å²) in [6.45, 7) is 3.97. The first-order valence-electron chi connectivity index (χ1n) is 6.18. The third-order valence-electron chi connectivity index (χ3n) is 2.94. The summed E-state index contributed by atoms with van der Waals surface area (Å²) < 4.78 is 0. The van der Waals surface area contributed by atoms with E-state index in [0.717, 1.165) is 31.2 Å². The maximum atomic E-state index is 11.1. The van der Waals surface area contributed by atoms with Crippen LogP contribution in [-0.2, 0) is 12.8 Å². The number of carbonyl (C=O) groups is 1. The van der Waals surface area contributed by atoms with Gasteiger partial charge in [-0.2, -0.15) is 0 Å². The van der Waals surface area contributed by atoms with E-state index in [1.807, 2.05) is 6.92 Å². The first-order chi connectivity index (χ1) is 8.10. The Hall–Kier alpha value is -1.51. The van der Waals surface area contributed by atoms with Gasteiger partial charge in [-0.25, -0.2) is 4.79 Å². The van der Waals surface area contributed by atoms with Gasteiger partial charge in [0.1, 0.15) is 5.75 Å². The zero-order valence-electron chi connectivity index (χ0n) is 10.5. The number of unbranched alkanes of at least 4 members (excludes halogenated alkanes) is 2. The smallest absolute Gasteiger partial charge is 0.336 e. The van der Waals surface area contributed by atoms with E-state index in [0.29, 0.717) is 12.0 Å². The molecule has 0 radical (unpaired) electrons. The Labute approximate surface area is 102 Å². The van der Waals surface area contributed by atoms with Gasteiger partial charge in [-0.1, -0.05) is 26.7 Å². The van der Waals surface area contributed by atoms with Crippen molar-refractivity contribution in [2.75, 3.05) is 0 Å². The number of rotatable bonds is 6. The van der Waals surface area contributed by atoms with E-state index in [1.165, 1.54) is 0 Å². The molecule has 0 aliphatic carbocycles. The highest BCUT2D eigenvalue weighted by Crippen LogP contribution is 2.25. The fourth-order valence-electron chi connectivity index (χ4n) is 2.00. The summed E-state index contributed by atoms with van der Waals surface area (Å²) in [4.78, 5) is 11.1. The van der Waals surface area contributed by atoms with Crippen LogP contribution in [0.3, 0.4) is 0 Å². The highest BCUT2D eigenvalue weighted by molar-refractivity contribution is 5.90. The minimum absolute atomic E-state index is 0.110. The number of hydrogen-bond donors (Lipinski definition) is 2. The molecule has 0 aliphatic heterocycles. The lowest BCUT2D eigenvalue weighted by atomic mass is 9.98. The topological polar surface area (TPSA) is 57.5 Å². The highest BCUT2D eigenvalue weighted by Gasteiger charge is 2.14. The van der Waals surface area contributed by atoms with Gasteiger partial charge >= 0.3 is 5.97 Å². The molecule has 0 aliphatic rings.